The average molecular weight is 489 g/mol. The number of nitrogens with one attached hydrogen (secondary N) is 1. The van der Waals surface area contributed by atoms with Gasteiger partial charge in [-0.15, -0.1) is 0 Å². The van der Waals surface area contributed by atoms with Gasteiger partial charge in [-0.25, -0.2) is 0 Å². The number of thioether (sulfide) groups is 1. The van der Waals surface area contributed by atoms with Crippen LogP contribution in [0.5, 0.6) is 5.75 Å². The summed E-state index contributed by atoms with van der Waals surface area (Å²) in [6.45, 7) is 4.36. The highest BCUT2D eigenvalue weighted by Crippen LogP contribution is 2.34. The molecule has 0 aliphatic carbocycles. The van der Waals surface area contributed by atoms with Crippen molar-refractivity contribution < 1.29 is 14.3 Å². The molecule has 0 bridgehead atoms. The first kappa shape index (κ1) is 23.7. The zero-order chi connectivity index (χ0) is 24.1. The van der Waals surface area contributed by atoms with E-state index in [1.807, 2.05) is 74.5 Å². The summed E-state index contributed by atoms with van der Waals surface area (Å²) in [6.07, 6.45) is 1.80. The van der Waals surface area contributed by atoms with E-state index in [0.29, 0.717) is 21.5 Å². The summed E-state index contributed by atoms with van der Waals surface area (Å²) in [5, 5.41) is 2.85. The predicted octanol–water partition coefficient (Wildman–Crippen LogP) is 5.72. The summed E-state index contributed by atoms with van der Waals surface area (Å²) in [7, 11) is 0. The largest absolute Gasteiger partial charge is 0.484 e. The molecule has 1 fully saturated rings. The summed E-state index contributed by atoms with van der Waals surface area (Å²) in [4.78, 5) is 27.4. The Hall–Kier alpha value is -3.42. The zero-order valence-corrected chi connectivity index (χ0v) is 20.5. The number of nitrogens with zero attached hydrogens (tertiary/aromatic N) is 1. The molecule has 0 radical (unpaired) electrons. The molecule has 0 aromatic heterocycles. The maximum atomic E-state index is 12.9. The number of rotatable bonds is 7. The number of carbonyl (C=O) groups excluding carboxylic acids is 2. The Morgan fingerprint density at radius 1 is 1.03 bits per heavy atom. The van der Waals surface area contributed by atoms with Gasteiger partial charge in [0.1, 0.15) is 10.1 Å². The number of hydrogen-bond acceptors (Lipinski definition) is 5. The van der Waals surface area contributed by atoms with E-state index in [2.05, 4.69) is 5.32 Å². The fourth-order valence-electron chi connectivity index (χ4n) is 3.41. The third kappa shape index (κ3) is 5.92. The van der Waals surface area contributed by atoms with Crippen molar-refractivity contribution in [3.05, 3.63) is 100.0 Å². The molecule has 0 unspecified atom stereocenters. The molecule has 1 aliphatic heterocycles. The van der Waals surface area contributed by atoms with Gasteiger partial charge in [-0.2, -0.15) is 0 Å². The molecule has 3 aromatic rings. The van der Waals surface area contributed by atoms with Crippen LogP contribution in [0.1, 0.15) is 22.3 Å². The van der Waals surface area contributed by atoms with Gasteiger partial charge < -0.3 is 10.1 Å². The Labute approximate surface area is 208 Å². The fraction of sp³-hybridized carbons (Fsp3) is 0.148. The number of aryl methyl sites for hydroxylation is 2. The second kappa shape index (κ2) is 10.7. The van der Waals surface area contributed by atoms with Crippen molar-refractivity contribution in [1.29, 1.82) is 0 Å². The van der Waals surface area contributed by atoms with Gasteiger partial charge in [0.2, 0.25) is 0 Å². The second-order valence-electron chi connectivity index (χ2n) is 7.96. The van der Waals surface area contributed by atoms with Crippen LogP contribution in [0, 0.1) is 13.8 Å². The molecular weight excluding hydrogens is 464 g/mol. The van der Waals surface area contributed by atoms with Crippen molar-refractivity contribution in [2.24, 2.45) is 0 Å². The van der Waals surface area contributed by atoms with Gasteiger partial charge in [-0.3, -0.25) is 14.5 Å². The molecule has 4 rings (SSSR count). The lowest BCUT2D eigenvalue weighted by molar-refractivity contribution is -0.122. The number of thiocarbonyl (C=S) groups is 1. The lowest BCUT2D eigenvalue weighted by Gasteiger charge is -2.14. The molecule has 172 valence electrons. The smallest absolute Gasteiger partial charge is 0.266 e. The van der Waals surface area contributed by atoms with Gasteiger partial charge in [-0.05, 0) is 66.4 Å². The Morgan fingerprint density at radius 3 is 2.59 bits per heavy atom. The summed E-state index contributed by atoms with van der Waals surface area (Å²) in [5.41, 5.74) is 4.84. The molecular formula is C27H24N2O3S2. The molecule has 5 nitrogen and oxygen atoms in total. The fourth-order valence-corrected chi connectivity index (χ4v) is 4.67. The molecule has 2 amide bonds. The Balaban J connectivity index is 1.38. The van der Waals surface area contributed by atoms with Crippen molar-refractivity contribution in [3.8, 4) is 5.75 Å². The molecule has 3 aromatic carbocycles. The lowest BCUT2D eigenvalue weighted by atomic mass is 10.1. The average Bonchev–Trinajstić information content (AvgIpc) is 3.08. The highest BCUT2D eigenvalue weighted by Gasteiger charge is 2.31. The standard InChI is InChI=1S/C27H24N2O3S2/c1-18-11-12-22(13-19(18)2)28-25(30)17-32-23-10-6-9-21(14-23)15-24-26(31)29(27(33)34-24)16-20-7-4-3-5-8-20/h3-15H,16-17H2,1-2H3,(H,28,30)/b24-15+. The van der Waals surface area contributed by atoms with Gasteiger partial charge in [0.05, 0.1) is 11.4 Å². The SMILES string of the molecule is Cc1ccc(NC(=O)COc2cccc(/C=C3/SC(=S)N(Cc4ccccc4)C3=O)c2)cc1C. The van der Waals surface area contributed by atoms with E-state index in [1.54, 1.807) is 23.1 Å². The van der Waals surface area contributed by atoms with Crippen molar-refractivity contribution in [1.82, 2.24) is 4.90 Å². The van der Waals surface area contributed by atoms with Gasteiger partial charge in [0.25, 0.3) is 11.8 Å². The van der Waals surface area contributed by atoms with Crippen LogP contribution < -0.4 is 10.1 Å². The number of carbonyl (C=O) groups is 2. The zero-order valence-electron chi connectivity index (χ0n) is 18.9. The molecule has 1 aliphatic rings. The normalized spacial score (nSPS) is 14.5. The molecule has 1 N–H and O–H groups in total. The quantitative estimate of drug-likeness (QED) is 0.340. The van der Waals surface area contributed by atoms with Crippen LogP contribution in [-0.2, 0) is 16.1 Å². The topological polar surface area (TPSA) is 58.6 Å². The number of benzene rings is 3. The summed E-state index contributed by atoms with van der Waals surface area (Å²) < 4.78 is 6.22. The third-order valence-corrected chi connectivity index (χ3v) is 6.75. The summed E-state index contributed by atoms with van der Waals surface area (Å²) >= 11 is 6.72. The predicted molar refractivity (Wildman–Crippen MR) is 142 cm³/mol. The molecule has 7 heteroatoms. The monoisotopic (exact) mass is 488 g/mol. The first-order chi connectivity index (χ1) is 16.4. The first-order valence-corrected chi connectivity index (χ1v) is 12.0. The van der Waals surface area contributed by atoms with Gasteiger partial charge in [-0.1, -0.05) is 72.5 Å². The maximum Gasteiger partial charge on any atom is 0.266 e. The number of ether oxygens (including phenoxy) is 1. The van der Waals surface area contributed by atoms with Gasteiger partial charge >= 0.3 is 0 Å². The van der Waals surface area contributed by atoms with Gasteiger partial charge in [0, 0.05) is 5.69 Å². The van der Waals surface area contributed by atoms with E-state index in [0.717, 1.165) is 22.4 Å². The van der Waals surface area contributed by atoms with E-state index < -0.39 is 0 Å². The molecule has 0 atom stereocenters. The van der Waals surface area contributed by atoms with Crippen LogP contribution >= 0.6 is 24.0 Å². The van der Waals surface area contributed by atoms with Crippen LogP contribution in [0.4, 0.5) is 5.69 Å². The van der Waals surface area contributed by atoms with Crippen molar-refractivity contribution in [2.75, 3.05) is 11.9 Å². The Morgan fingerprint density at radius 2 is 1.82 bits per heavy atom. The van der Waals surface area contributed by atoms with E-state index in [1.165, 1.54) is 17.3 Å². The van der Waals surface area contributed by atoms with Crippen molar-refractivity contribution in [3.63, 3.8) is 0 Å². The van der Waals surface area contributed by atoms with Crippen LogP contribution in [-0.4, -0.2) is 27.6 Å². The highest BCUT2D eigenvalue weighted by atomic mass is 32.2. The molecule has 1 heterocycles. The summed E-state index contributed by atoms with van der Waals surface area (Å²) in [6, 6.07) is 22.8. The van der Waals surface area contributed by atoms with Crippen LogP contribution in [0.15, 0.2) is 77.7 Å². The van der Waals surface area contributed by atoms with Crippen LogP contribution in [0.2, 0.25) is 0 Å². The number of hydrogen-bond donors (Lipinski definition) is 1. The van der Waals surface area contributed by atoms with Crippen molar-refractivity contribution in [2.45, 2.75) is 20.4 Å². The van der Waals surface area contributed by atoms with Crippen LogP contribution in [0.25, 0.3) is 6.08 Å². The van der Waals surface area contributed by atoms with E-state index in [9.17, 15) is 9.59 Å². The highest BCUT2D eigenvalue weighted by molar-refractivity contribution is 8.26. The Kier molecular flexibility index (Phi) is 7.45. The van der Waals surface area contributed by atoms with E-state index >= 15 is 0 Å². The number of amides is 2. The molecule has 1 saturated heterocycles. The maximum absolute atomic E-state index is 12.9. The Bertz CT molecular complexity index is 1270. The van der Waals surface area contributed by atoms with E-state index in [4.69, 9.17) is 17.0 Å². The minimum Gasteiger partial charge on any atom is -0.484 e. The van der Waals surface area contributed by atoms with E-state index in [-0.39, 0.29) is 18.4 Å². The lowest BCUT2D eigenvalue weighted by Crippen LogP contribution is -2.27. The molecule has 0 spiro atoms. The summed E-state index contributed by atoms with van der Waals surface area (Å²) in [5.74, 6) is 0.192. The number of anilines is 1. The first-order valence-electron chi connectivity index (χ1n) is 10.8. The molecule has 34 heavy (non-hydrogen) atoms. The minimum atomic E-state index is -0.240. The molecule has 0 saturated carbocycles. The van der Waals surface area contributed by atoms with Crippen LogP contribution in [0.3, 0.4) is 0 Å². The van der Waals surface area contributed by atoms with Gasteiger partial charge in [0.15, 0.2) is 6.61 Å². The third-order valence-electron chi connectivity index (χ3n) is 5.37. The van der Waals surface area contributed by atoms with Crippen molar-refractivity contribution >= 4 is 51.9 Å². The minimum absolute atomic E-state index is 0.113. The second-order valence-corrected chi connectivity index (χ2v) is 9.64.